The van der Waals surface area contributed by atoms with Crippen LogP contribution in [-0.4, -0.2) is 36.2 Å². The molecule has 112 valence electrons. The van der Waals surface area contributed by atoms with Crippen molar-refractivity contribution in [2.24, 2.45) is 5.41 Å². The zero-order chi connectivity index (χ0) is 14.9. The molecule has 2 rings (SSSR count). The third-order valence-corrected chi connectivity index (χ3v) is 3.87. The van der Waals surface area contributed by atoms with Crippen LogP contribution in [0.4, 0.5) is 4.39 Å². The predicted octanol–water partition coefficient (Wildman–Crippen LogP) is 2.83. The molecule has 0 saturated carbocycles. The van der Waals surface area contributed by atoms with Crippen LogP contribution in [0.2, 0.25) is 0 Å². The molecule has 0 spiro atoms. The number of aromatic hydroxyl groups is 1. The van der Waals surface area contributed by atoms with E-state index in [1.54, 1.807) is 0 Å². The normalized spacial score (nSPS) is 19.1. The van der Waals surface area contributed by atoms with Crippen molar-refractivity contribution in [3.8, 4) is 5.75 Å². The Morgan fingerprint density at radius 2 is 1.85 bits per heavy atom. The van der Waals surface area contributed by atoms with E-state index in [2.05, 4.69) is 31.0 Å². The SMILES string of the molecule is Cc1cc(F)c(O)c([C@H](N2CCNCC2)C(C)(C)C)c1. The first-order chi connectivity index (χ1) is 9.30. The van der Waals surface area contributed by atoms with E-state index in [0.29, 0.717) is 5.56 Å². The van der Waals surface area contributed by atoms with Gasteiger partial charge in [0.05, 0.1) is 0 Å². The van der Waals surface area contributed by atoms with E-state index < -0.39 is 5.82 Å². The maximum atomic E-state index is 13.9. The zero-order valence-electron chi connectivity index (χ0n) is 12.8. The number of piperazine rings is 1. The lowest BCUT2D eigenvalue weighted by molar-refractivity contribution is 0.0838. The van der Waals surface area contributed by atoms with E-state index in [0.717, 1.165) is 31.7 Å². The van der Waals surface area contributed by atoms with Crippen molar-refractivity contribution in [1.82, 2.24) is 10.2 Å². The van der Waals surface area contributed by atoms with Crippen molar-refractivity contribution in [2.45, 2.75) is 33.7 Å². The molecule has 0 amide bonds. The molecule has 0 unspecified atom stereocenters. The monoisotopic (exact) mass is 280 g/mol. The molecule has 1 aromatic rings. The average molecular weight is 280 g/mol. The second-order valence-electron chi connectivity index (χ2n) is 6.74. The molecule has 3 nitrogen and oxygen atoms in total. The van der Waals surface area contributed by atoms with Crippen LogP contribution in [0, 0.1) is 18.2 Å². The summed E-state index contributed by atoms with van der Waals surface area (Å²) in [6.45, 7) is 12.0. The molecule has 1 saturated heterocycles. The Morgan fingerprint density at radius 1 is 1.25 bits per heavy atom. The highest BCUT2D eigenvalue weighted by atomic mass is 19.1. The van der Waals surface area contributed by atoms with Crippen molar-refractivity contribution in [1.29, 1.82) is 0 Å². The highest BCUT2D eigenvalue weighted by molar-refractivity contribution is 5.40. The average Bonchev–Trinajstić information content (AvgIpc) is 2.35. The third kappa shape index (κ3) is 3.13. The molecule has 1 atom stereocenters. The molecule has 0 aliphatic carbocycles. The highest BCUT2D eigenvalue weighted by Crippen LogP contribution is 2.42. The fourth-order valence-electron chi connectivity index (χ4n) is 3.12. The molecule has 4 heteroatoms. The molecule has 20 heavy (non-hydrogen) atoms. The fourth-order valence-corrected chi connectivity index (χ4v) is 3.12. The van der Waals surface area contributed by atoms with Crippen molar-refractivity contribution < 1.29 is 9.50 Å². The maximum absolute atomic E-state index is 13.9. The van der Waals surface area contributed by atoms with Crippen LogP contribution in [-0.2, 0) is 0 Å². The molecule has 0 bridgehead atoms. The van der Waals surface area contributed by atoms with Gasteiger partial charge in [-0.15, -0.1) is 0 Å². The summed E-state index contributed by atoms with van der Waals surface area (Å²) in [6, 6.07) is 3.31. The summed E-state index contributed by atoms with van der Waals surface area (Å²) in [5, 5.41) is 13.5. The van der Waals surface area contributed by atoms with Crippen molar-refractivity contribution in [2.75, 3.05) is 26.2 Å². The first-order valence-corrected chi connectivity index (χ1v) is 7.24. The Bertz CT molecular complexity index is 476. The summed E-state index contributed by atoms with van der Waals surface area (Å²) < 4.78 is 13.9. The minimum absolute atomic E-state index is 0.0130. The number of phenols is 1. The number of hydrogen-bond acceptors (Lipinski definition) is 3. The molecule has 1 heterocycles. The van der Waals surface area contributed by atoms with E-state index >= 15 is 0 Å². The van der Waals surface area contributed by atoms with Crippen molar-refractivity contribution in [3.05, 3.63) is 29.1 Å². The molecule has 1 aliphatic heterocycles. The number of rotatable bonds is 2. The Hall–Kier alpha value is -1.13. The number of nitrogens with one attached hydrogen (secondary N) is 1. The molecule has 1 aliphatic rings. The number of phenolic OH excluding ortho intramolecular Hbond substituents is 1. The molecule has 0 radical (unpaired) electrons. The number of hydrogen-bond donors (Lipinski definition) is 2. The lowest BCUT2D eigenvalue weighted by atomic mass is 9.80. The molecule has 0 aromatic heterocycles. The van der Waals surface area contributed by atoms with Gasteiger partial charge in [0.25, 0.3) is 0 Å². The molecular weight excluding hydrogens is 255 g/mol. The van der Waals surface area contributed by atoms with Gasteiger partial charge in [-0.3, -0.25) is 4.90 Å². The van der Waals surface area contributed by atoms with Gasteiger partial charge in [0.1, 0.15) is 0 Å². The first kappa shape index (κ1) is 15.3. The van der Waals surface area contributed by atoms with Crippen LogP contribution in [0.25, 0.3) is 0 Å². The van der Waals surface area contributed by atoms with E-state index in [1.807, 2.05) is 13.0 Å². The Kier molecular flexibility index (Phi) is 4.35. The number of benzene rings is 1. The van der Waals surface area contributed by atoms with E-state index in [-0.39, 0.29) is 17.2 Å². The lowest BCUT2D eigenvalue weighted by Crippen LogP contribution is -2.48. The predicted molar refractivity (Wildman–Crippen MR) is 79.4 cm³/mol. The molecule has 1 fully saturated rings. The largest absolute Gasteiger partial charge is 0.505 e. The van der Waals surface area contributed by atoms with Gasteiger partial charge in [0, 0.05) is 37.8 Å². The van der Waals surface area contributed by atoms with Gasteiger partial charge in [0.2, 0.25) is 0 Å². The number of halogens is 1. The van der Waals surface area contributed by atoms with Gasteiger partial charge in [-0.2, -0.15) is 0 Å². The quantitative estimate of drug-likeness (QED) is 0.874. The van der Waals surface area contributed by atoms with Crippen LogP contribution in [0.3, 0.4) is 0 Å². The minimum Gasteiger partial charge on any atom is -0.505 e. The first-order valence-electron chi connectivity index (χ1n) is 7.24. The summed E-state index contributed by atoms with van der Waals surface area (Å²) in [5.41, 5.74) is 1.48. The van der Waals surface area contributed by atoms with Crippen LogP contribution in [0.1, 0.15) is 37.9 Å². The summed E-state index contributed by atoms with van der Waals surface area (Å²) in [4.78, 5) is 2.34. The van der Waals surface area contributed by atoms with Crippen LogP contribution in [0.5, 0.6) is 5.75 Å². The lowest BCUT2D eigenvalue weighted by Gasteiger charge is -2.42. The Balaban J connectivity index is 2.46. The highest BCUT2D eigenvalue weighted by Gasteiger charge is 2.35. The van der Waals surface area contributed by atoms with Gasteiger partial charge < -0.3 is 10.4 Å². The van der Waals surface area contributed by atoms with Gasteiger partial charge in [-0.25, -0.2) is 4.39 Å². The van der Waals surface area contributed by atoms with Crippen LogP contribution < -0.4 is 5.32 Å². The van der Waals surface area contributed by atoms with Crippen LogP contribution in [0.15, 0.2) is 12.1 Å². The number of aryl methyl sites for hydroxylation is 1. The summed E-state index contributed by atoms with van der Waals surface area (Å²) in [5.74, 6) is -0.724. The standard InChI is InChI=1S/C16H25FN2O/c1-11-9-12(14(20)13(17)10-11)15(16(2,3)4)19-7-5-18-6-8-19/h9-10,15,18,20H,5-8H2,1-4H3/t15-/m0/s1. The van der Waals surface area contributed by atoms with Gasteiger partial charge in [-0.1, -0.05) is 26.8 Å². The molecule has 1 aromatic carbocycles. The minimum atomic E-state index is -0.524. The second kappa shape index (κ2) is 5.70. The fraction of sp³-hybridized carbons (Fsp3) is 0.625. The summed E-state index contributed by atoms with van der Waals surface area (Å²) in [6.07, 6.45) is 0. The second-order valence-corrected chi connectivity index (χ2v) is 6.74. The Labute approximate surface area is 120 Å². The Morgan fingerprint density at radius 3 is 2.40 bits per heavy atom. The van der Waals surface area contributed by atoms with Gasteiger partial charge in [-0.05, 0) is 24.0 Å². The maximum Gasteiger partial charge on any atom is 0.165 e. The summed E-state index contributed by atoms with van der Waals surface area (Å²) >= 11 is 0. The van der Waals surface area contributed by atoms with Crippen LogP contribution >= 0.6 is 0 Å². The third-order valence-electron chi connectivity index (χ3n) is 3.87. The molecule has 2 N–H and O–H groups in total. The van der Waals surface area contributed by atoms with Crippen molar-refractivity contribution in [3.63, 3.8) is 0 Å². The van der Waals surface area contributed by atoms with Gasteiger partial charge >= 0.3 is 0 Å². The summed E-state index contributed by atoms with van der Waals surface area (Å²) in [7, 11) is 0. The van der Waals surface area contributed by atoms with Gasteiger partial charge in [0.15, 0.2) is 11.6 Å². The topological polar surface area (TPSA) is 35.5 Å². The van der Waals surface area contributed by atoms with E-state index in [4.69, 9.17) is 0 Å². The van der Waals surface area contributed by atoms with E-state index in [1.165, 1.54) is 6.07 Å². The van der Waals surface area contributed by atoms with Crippen molar-refractivity contribution >= 4 is 0 Å². The molecular formula is C16H25FN2O. The smallest absolute Gasteiger partial charge is 0.165 e. The van der Waals surface area contributed by atoms with E-state index in [9.17, 15) is 9.50 Å². The number of nitrogens with zero attached hydrogens (tertiary/aromatic N) is 1. The zero-order valence-corrected chi connectivity index (χ0v) is 12.8.